The first-order chi connectivity index (χ1) is 15.5. The van der Waals surface area contributed by atoms with Crippen molar-refractivity contribution >= 4 is 29.2 Å². The Balaban J connectivity index is 1.60. The lowest BCUT2D eigenvalue weighted by Gasteiger charge is -2.13. The molecule has 0 spiro atoms. The number of esters is 1. The molecule has 0 aliphatic rings. The fourth-order valence-electron chi connectivity index (χ4n) is 3.06. The molecular formula is C25H24N2O5. The van der Waals surface area contributed by atoms with E-state index >= 15 is 0 Å². The summed E-state index contributed by atoms with van der Waals surface area (Å²) in [4.78, 5) is 37.2. The lowest BCUT2D eigenvalue weighted by molar-refractivity contribution is -0.119. The number of aryl methyl sites for hydroxylation is 1. The Labute approximate surface area is 186 Å². The minimum Gasteiger partial charge on any atom is -0.495 e. The molecule has 0 atom stereocenters. The van der Waals surface area contributed by atoms with Crippen LogP contribution in [0, 0.1) is 6.92 Å². The van der Waals surface area contributed by atoms with Crippen molar-refractivity contribution < 1.29 is 23.9 Å². The van der Waals surface area contributed by atoms with E-state index in [4.69, 9.17) is 9.47 Å². The van der Waals surface area contributed by atoms with Crippen LogP contribution in [0.3, 0.4) is 0 Å². The van der Waals surface area contributed by atoms with Crippen LogP contribution in [0.4, 0.5) is 11.4 Å². The van der Waals surface area contributed by atoms with E-state index in [0.717, 1.165) is 11.1 Å². The maximum atomic E-state index is 12.6. The second-order valence-electron chi connectivity index (χ2n) is 7.08. The molecule has 164 valence electrons. The highest BCUT2D eigenvalue weighted by Crippen LogP contribution is 2.25. The van der Waals surface area contributed by atoms with Crippen LogP contribution in [0.25, 0.3) is 0 Å². The molecule has 3 rings (SSSR count). The monoisotopic (exact) mass is 432 g/mol. The van der Waals surface area contributed by atoms with Gasteiger partial charge in [-0.05, 0) is 42.3 Å². The number of carbonyl (C=O) groups is 3. The molecule has 3 aromatic carbocycles. The Bertz CT molecular complexity index is 1110. The highest BCUT2D eigenvalue weighted by Gasteiger charge is 2.17. The summed E-state index contributed by atoms with van der Waals surface area (Å²) in [6.07, 6.45) is 0.172. The van der Waals surface area contributed by atoms with Crippen molar-refractivity contribution in [2.75, 3.05) is 24.4 Å². The Morgan fingerprint density at radius 3 is 2.25 bits per heavy atom. The van der Waals surface area contributed by atoms with Crippen LogP contribution in [-0.4, -0.2) is 31.5 Å². The van der Waals surface area contributed by atoms with Crippen molar-refractivity contribution in [1.29, 1.82) is 0 Å². The molecular weight excluding hydrogens is 408 g/mol. The first kappa shape index (κ1) is 22.6. The molecule has 0 saturated carbocycles. The minimum absolute atomic E-state index is 0.162. The largest absolute Gasteiger partial charge is 0.495 e. The van der Waals surface area contributed by atoms with Gasteiger partial charge in [-0.15, -0.1) is 0 Å². The highest BCUT2D eigenvalue weighted by molar-refractivity contribution is 6.03. The summed E-state index contributed by atoms with van der Waals surface area (Å²) < 4.78 is 10.4. The van der Waals surface area contributed by atoms with Gasteiger partial charge in [0, 0.05) is 0 Å². The van der Waals surface area contributed by atoms with Crippen LogP contribution >= 0.6 is 0 Å². The molecule has 2 amide bonds. The zero-order chi connectivity index (χ0) is 22.9. The molecule has 0 aliphatic carbocycles. The summed E-state index contributed by atoms with van der Waals surface area (Å²) in [6, 6.07) is 21.1. The number of rotatable bonds is 8. The van der Waals surface area contributed by atoms with Gasteiger partial charge in [0.2, 0.25) is 5.91 Å². The van der Waals surface area contributed by atoms with Crippen molar-refractivity contribution in [3.63, 3.8) is 0 Å². The van der Waals surface area contributed by atoms with Crippen molar-refractivity contribution in [2.45, 2.75) is 13.3 Å². The Morgan fingerprint density at radius 2 is 1.50 bits per heavy atom. The molecule has 0 radical (unpaired) electrons. The van der Waals surface area contributed by atoms with Gasteiger partial charge in [-0.25, -0.2) is 4.79 Å². The predicted molar refractivity (Wildman–Crippen MR) is 122 cm³/mol. The number of benzene rings is 3. The zero-order valence-electron chi connectivity index (χ0n) is 17.9. The van der Waals surface area contributed by atoms with E-state index in [1.807, 2.05) is 43.3 Å². The van der Waals surface area contributed by atoms with Gasteiger partial charge in [0.15, 0.2) is 6.61 Å². The van der Waals surface area contributed by atoms with Crippen molar-refractivity contribution in [1.82, 2.24) is 0 Å². The van der Waals surface area contributed by atoms with Gasteiger partial charge < -0.3 is 20.1 Å². The number of hydrogen-bond donors (Lipinski definition) is 2. The molecule has 3 aromatic rings. The van der Waals surface area contributed by atoms with E-state index in [-0.39, 0.29) is 17.9 Å². The minimum atomic E-state index is -0.716. The van der Waals surface area contributed by atoms with E-state index in [2.05, 4.69) is 10.6 Å². The predicted octanol–water partition coefficient (Wildman–Crippen LogP) is 3.98. The van der Waals surface area contributed by atoms with Crippen LogP contribution in [0.1, 0.15) is 21.5 Å². The fourth-order valence-corrected chi connectivity index (χ4v) is 3.06. The van der Waals surface area contributed by atoms with Gasteiger partial charge in [0.05, 0.1) is 30.5 Å². The number of carbonyl (C=O) groups excluding carboxylic acids is 3. The average molecular weight is 432 g/mol. The quantitative estimate of drug-likeness (QED) is 0.525. The average Bonchev–Trinajstić information content (AvgIpc) is 2.78. The first-order valence-corrected chi connectivity index (χ1v) is 10.0. The third kappa shape index (κ3) is 6.18. The van der Waals surface area contributed by atoms with Crippen LogP contribution < -0.4 is 15.4 Å². The maximum absolute atomic E-state index is 12.6. The molecule has 7 nitrogen and oxygen atoms in total. The SMILES string of the molecule is COc1ccc(C)cc1NC(=O)COC(=O)c1ccccc1NC(=O)Cc1ccccc1. The van der Waals surface area contributed by atoms with E-state index in [1.54, 1.807) is 30.3 Å². The fraction of sp³-hybridized carbons (Fsp3) is 0.160. The number of amides is 2. The first-order valence-electron chi connectivity index (χ1n) is 10.0. The molecule has 32 heavy (non-hydrogen) atoms. The highest BCUT2D eigenvalue weighted by atomic mass is 16.5. The van der Waals surface area contributed by atoms with Gasteiger partial charge >= 0.3 is 5.97 Å². The lowest BCUT2D eigenvalue weighted by atomic mass is 10.1. The third-order valence-electron chi connectivity index (χ3n) is 4.59. The van der Waals surface area contributed by atoms with Crippen molar-refractivity contribution in [3.8, 4) is 5.75 Å². The smallest absolute Gasteiger partial charge is 0.340 e. The molecule has 0 bridgehead atoms. The number of methoxy groups -OCH3 is 1. The maximum Gasteiger partial charge on any atom is 0.340 e. The summed E-state index contributed by atoms with van der Waals surface area (Å²) in [5.74, 6) is -0.984. The van der Waals surface area contributed by atoms with Crippen molar-refractivity contribution in [2.24, 2.45) is 0 Å². The number of ether oxygens (including phenoxy) is 2. The summed E-state index contributed by atoms with van der Waals surface area (Å²) >= 11 is 0. The molecule has 0 aromatic heterocycles. The van der Waals surface area contributed by atoms with Gasteiger partial charge in [-0.1, -0.05) is 48.5 Å². The number of anilines is 2. The molecule has 2 N–H and O–H groups in total. The Hall–Kier alpha value is -4.13. The van der Waals surface area contributed by atoms with Gasteiger partial charge in [0.25, 0.3) is 5.91 Å². The van der Waals surface area contributed by atoms with E-state index in [1.165, 1.54) is 13.2 Å². The summed E-state index contributed by atoms with van der Waals surface area (Å²) in [5, 5.41) is 5.40. The van der Waals surface area contributed by atoms with Crippen LogP contribution in [0.15, 0.2) is 72.8 Å². The van der Waals surface area contributed by atoms with Crippen LogP contribution in [0.5, 0.6) is 5.75 Å². The Morgan fingerprint density at radius 1 is 0.812 bits per heavy atom. The van der Waals surface area contributed by atoms with Gasteiger partial charge in [-0.3, -0.25) is 9.59 Å². The van der Waals surface area contributed by atoms with Gasteiger partial charge in [0.1, 0.15) is 5.75 Å². The summed E-state index contributed by atoms with van der Waals surface area (Å²) in [6.45, 7) is 1.40. The standard InChI is InChI=1S/C25H24N2O5/c1-17-12-13-22(31-2)21(14-17)27-24(29)16-32-25(30)19-10-6-7-11-20(19)26-23(28)15-18-8-4-3-5-9-18/h3-14H,15-16H2,1-2H3,(H,26,28)(H,27,29). The molecule has 0 saturated heterocycles. The lowest BCUT2D eigenvalue weighted by Crippen LogP contribution is -2.22. The summed E-state index contributed by atoms with van der Waals surface area (Å²) in [7, 11) is 1.50. The molecule has 0 fully saturated rings. The van der Waals surface area contributed by atoms with E-state index < -0.39 is 18.5 Å². The molecule has 0 aliphatic heterocycles. The number of hydrogen-bond acceptors (Lipinski definition) is 5. The number of nitrogens with one attached hydrogen (secondary N) is 2. The number of para-hydroxylation sites is 1. The molecule has 0 unspecified atom stereocenters. The second-order valence-corrected chi connectivity index (χ2v) is 7.08. The van der Waals surface area contributed by atoms with Crippen LogP contribution in [-0.2, 0) is 20.7 Å². The normalized spacial score (nSPS) is 10.2. The van der Waals surface area contributed by atoms with E-state index in [9.17, 15) is 14.4 Å². The molecule has 7 heteroatoms. The Kier molecular flexibility index (Phi) is 7.59. The summed E-state index contributed by atoms with van der Waals surface area (Å²) in [5.41, 5.74) is 2.77. The molecule has 0 heterocycles. The second kappa shape index (κ2) is 10.8. The topological polar surface area (TPSA) is 93.7 Å². The van der Waals surface area contributed by atoms with Crippen LogP contribution in [0.2, 0.25) is 0 Å². The van der Waals surface area contributed by atoms with E-state index in [0.29, 0.717) is 17.1 Å². The van der Waals surface area contributed by atoms with Gasteiger partial charge in [-0.2, -0.15) is 0 Å². The third-order valence-corrected chi connectivity index (χ3v) is 4.59. The zero-order valence-corrected chi connectivity index (χ0v) is 17.9. The van der Waals surface area contributed by atoms with Crippen molar-refractivity contribution in [3.05, 3.63) is 89.5 Å².